The lowest BCUT2D eigenvalue weighted by Gasteiger charge is -2.15. The average Bonchev–Trinajstić information content (AvgIpc) is 2.67. The van der Waals surface area contributed by atoms with E-state index in [1.54, 1.807) is 6.07 Å². The monoisotopic (exact) mass is 389 g/mol. The van der Waals surface area contributed by atoms with Crippen LogP contribution in [0.25, 0.3) is 10.9 Å². The third kappa shape index (κ3) is 4.03. The van der Waals surface area contributed by atoms with Gasteiger partial charge in [0.1, 0.15) is 0 Å². The van der Waals surface area contributed by atoms with Gasteiger partial charge in [-0.1, -0.05) is 18.2 Å². The third-order valence-electron chi connectivity index (χ3n) is 3.88. The van der Waals surface area contributed by atoms with Crippen molar-refractivity contribution in [2.24, 2.45) is 0 Å². The van der Waals surface area contributed by atoms with Gasteiger partial charge in [-0.15, -0.1) is 0 Å². The van der Waals surface area contributed by atoms with E-state index in [1.165, 1.54) is 49.6 Å². The van der Waals surface area contributed by atoms with Crippen LogP contribution in [0, 0.1) is 0 Å². The van der Waals surface area contributed by atoms with Crippen molar-refractivity contribution in [1.29, 1.82) is 0 Å². The fraction of sp³-hybridized carbons (Fsp3) is 0.105. The number of alkyl halides is 3. The maximum absolute atomic E-state index is 13.6. The molecule has 2 amide bonds. The molecule has 0 saturated carbocycles. The van der Waals surface area contributed by atoms with Crippen LogP contribution >= 0.6 is 0 Å². The molecule has 0 aliphatic rings. The number of benzene rings is 2. The molecule has 0 fully saturated rings. The first-order valence-corrected chi connectivity index (χ1v) is 8.01. The minimum Gasteiger partial charge on any atom is -0.453 e. The van der Waals surface area contributed by atoms with Crippen LogP contribution in [0.1, 0.15) is 15.9 Å². The molecule has 0 unspecified atom stereocenters. The molecule has 2 aromatic carbocycles. The Labute approximate surface area is 157 Å². The maximum Gasteiger partial charge on any atom is 0.417 e. The molecule has 28 heavy (non-hydrogen) atoms. The predicted octanol–water partition coefficient (Wildman–Crippen LogP) is 4.68. The Morgan fingerprint density at radius 3 is 2.18 bits per heavy atom. The number of amides is 2. The molecule has 3 rings (SSSR count). The van der Waals surface area contributed by atoms with Crippen LogP contribution in [0.4, 0.5) is 29.3 Å². The van der Waals surface area contributed by atoms with Gasteiger partial charge in [0, 0.05) is 23.0 Å². The number of carbonyl (C=O) groups excluding carboxylic acids is 2. The van der Waals surface area contributed by atoms with Crippen molar-refractivity contribution < 1.29 is 27.5 Å². The van der Waals surface area contributed by atoms with Crippen LogP contribution in [0.2, 0.25) is 0 Å². The molecule has 0 atom stereocenters. The van der Waals surface area contributed by atoms with Gasteiger partial charge in [-0.05, 0) is 30.3 Å². The van der Waals surface area contributed by atoms with Gasteiger partial charge >= 0.3 is 12.3 Å². The van der Waals surface area contributed by atoms with Crippen molar-refractivity contribution >= 4 is 34.3 Å². The normalized spacial score (nSPS) is 11.1. The van der Waals surface area contributed by atoms with Crippen LogP contribution in [0.15, 0.2) is 54.7 Å². The summed E-state index contributed by atoms with van der Waals surface area (Å²) in [4.78, 5) is 27.6. The highest BCUT2D eigenvalue weighted by atomic mass is 19.4. The van der Waals surface area contributed by atoms with E-state index in [1.807, 2.05) is 0 Å². The second-order valence-corrected chi connectivity index (χ2v) is 5.71. The zero-order valence-electron chi connectivity index (χ0n) is 14.5. The van der Waals surface area contributed by atoms with Crippen LogP contribution in [0.3, 0.4) is 0 Å². The SMILES string of the molecule is COC(=O)Nc1ccc(NC(=O)c2cnc3ccccc3c2C(F)(F)F)cc1. The first-order chi connectivity index (χ1) is 13.3. The summed E-state index contributed by atoms with van der Waals surface area (Å²) >= 11 is 0. The minimum absolute atomic E-state index is 0.143. The smallest absolute Gasteiger partial charge is 0.417 e. The summed E-state index contributed by atoms with van der Waals surface area (Å²) in [6.07, 6.45) is -4.49. The zero-order valence-corrected chi connectivity index (χ0v) is 14.5. The molecule has 0 saturated heterocycles. The number of carbonyl (C=O) groups is 2. The summed E-state index contributed by atoms with van der Waals surface area (Å²) in [6, 6.07) is 11.5. The number of aromatic nitrogens is 1. The van der Waals surface area contributed by atoms with E-state index in [9.17, 15) is 22.8 Å². The lowest BCUT2D eigenvalue weighted by Crippen LogP contribution is -2.19. The van der Waals surface area contributed by atoms with Gasteiger partial charge < -0.3 is 10.1 Å². The second kappa shape index (κ2) is 7.55. The number of nitrogens with one attached hydrogen (secondary N) is 2. The topological polar surface area (TPSA) is 80.3 Å². The highest BCUT2D eigenvalue weighted by Gasteiger charge is 2.37. The van der Waals surface area contributed by atoms with Crippen LogP contribution in [-0.4, -0.2) is 24.1 Å². The van der Waals surface area contributed by atoms with Crippen molar-refractivity contribution in [2.75, 3.05) is 17.7 Å². The summed E-state index contributed by atoms with van der Waals surface area (Å²) < 4.78 is 45.3. The van der Waals surface area contributed by atoms with Gasteiger partial charge in [0.2, 0.25) is 0 Å². The number of pyridine rings is 1. The van der Waals surface area contributed by atoms with Crippen LogP contribution < -0.4 is 10.6 Å². The van der Waals surface area contributed by atoms with Gasteiger partial charge in [-0.25, -0.2) is 4.79 Å². The zero-order chi connectivity index (χ0) is 20.3. The summed E-state index contributed by atoms with van der Waals surface area (Å²) in [5, 5.41) is 4.67. The molecule has 1 aromatic heterocycles. The van der Waals surface area contributed by atoms with E-state index >= 15 is 0 Å². The standard InChI is InChI=1S/C19H14F3N3O3/c1-28-18(27)25-12-8-6-11(7-9-12)24-17(26)14-10-23-15-5-3-2-4-13(15)16(14)19(20,21)22/h2-10H,1H3,(H,24,26)(H,25,27). The average molecular weight is 389 g/mol. The lowest BCUT2D eigenvalue weighted by atomic mass is 10.0. The molecule has 0 aliphatic carbocycles. The Kier molecular flexibility index (Phi) is 5.16. The van der Waals surface area contributed by atoms with E-state index < -0.39 is 29.3 Å². The number of halogens is 3. The van der Waals surface area contributed by atoms with Gasteiger partial charge in [-0.3, -0.25) is 15.1 Å². The lowest BCUT2D eigenvalue weighted by molar-refractivity contribution is -0.136. The van der Waals surface area contributed by atoms with Crippen molar-refractivity contribution in [3.63, 3.8) is 0 Å². The summed E-state index contributed by atoms with van der Waals surface area (Å²) in [5.74, 6) is -0.945. The van der Waals surface area contributed by atoms with Crippen LogP contribution in [0.5, 0.6) is 0 Å². The Balaban J connectivity index is 1.91. The Morgan fingerprint density at radius 1 is 0.964 bits per heavy atom. The number of fused-ring (bicyclic) bond motifs is 1. The van der Waals surface area contributed by atoms with E-state index in [2.05, 4.69) is 20.4 Å². The molecule has 1 heterocycles. The molecule has 2 N–H and O–H groups in total. The Hall–Kier alpha value is -3.62. The number of rotatable bonds is 3. The minimum atomic E-state index is -4.73. The van der Waals surface area contributed by atoms with E-state index in [-0.39, 0.29) is 16.6 Å². The number of methoxy groups -OCH3 is 1. The molecule has 144 valence electrons. The van der Waals surface area contributed by atoms with E-state index in [0.29, 0.717) is 5.69 Å². The van der Waals surface area contributed by atoms with Gasteiger partial charge in [0.05, 0.1) is 23.8 Å². The van der Waals surface area contributed by atoms with Gasteiger partial charge in [0.25, 0.3) is 5.91 Å². The van der Waals surface area contributed by atoms with Crippen molar-refractivity contribution in [3.05, 3.63) is 65.9 Å². The first kappa shape index (κ1) is 19.2. The van der Waals surface area contributed by atoms with Gasteiger partial charge in [0.15, 0.2) is 0 Å². The Bertz CT molecular complexity index is 1030. The number of anilines is 2. The number of hydrogen-bond donors (Lipinski definition) is 2. The molecule has 6 nitrogen and oxygen atoms in total. The predicted molar refractivity (Wildman–Crippen MR) is 97.2 cm³/mol. The summed E-state index contributed by atoms with van der Waals surface area (Å²) in [6.45, 7) is 0. The van der Waals surface area contributed by atoms with Crippen LogP contribution in [-0.2, 0) is 10.9 Å². The van der Waals surface area contributed by atoms with E-state index in [0.717, 1.165) is 6.20 Å². The third-order valence-corrected chi connectivity index (χ3v) is 3.88. The molecular formula is C19H14F3N3O3. The number of hydrogen-bond acceptors (Lipinski definition) is 4. The highest BCUT2D eigenvalue weighted by Crippen LogP contribution is 2.37. The molecule has 0 bridgehead atoms. The molecule has 0 spiro atoms. The number of ether oxygens (including phenoxy) is 1. The molecule has 0 radical (unpaired) electrons. The molecule has 9 heteroatoms. The fourth-order valence-corrected chi connectivity index (χ4v) is 2.62. The van der Waals surface area contributed by atoms with Gasteiger partial charge in [-0.2, -0.15) is 13.2 Å². The largest absolute Gasteiger partial charge is 0.453 e. The first-order valence-electron chi connectivity index (χ1n) is 8.01. The molecule has 3 aromatic rings. The van der Waals surface area contributed by atoms with E-state index in [4.69, 9.17) is 0 Å². The number of para-hydroxylation sites is 1. The summed E-state index contributed by atoms with van der Waals surface area (Å²) in [5.41, 5.74) is -0.831. The Morgan fingerprint density at radius 2 is 1.57 bits per heavy atom. The molecular weight excluding hydrogens is 375 g/mol. The number of nitrogens with zero attached hydrogens (tertiary/aromatic N) is 1. The highest BCUT2D eigenvalue weighted by molar-refractivity contribution is 6.08. The van der Waals surface area contributed by atoms with Crippen molar-refractivity contribution in [1.82, 2.24) is 4.98 Å². The van der Waals surface area contributed by atoms with Crippen molar-refractivity contribution in [3.8, 4) is 0 Å². The molecule has 0 aliphatic heterocycles. The maximum atomic E-state index is 13.6. The summed E-state index contributed by atoms with van der Waals surface area (Å²) in [7, 11) is 1.21. The quantitative estimate of drug-likeness (QED) is 0.681. The second-order valence-electron chi connectivity index (χ2n) is 5.71. The van der Waals surface area contributed by atoms with Crippen molar-refractivity contribution in [2.45, 2.75) is 6.18 Å². The fourth-order valence-electron chi connectivity index (χ4n) is 2.62.